The maximum absolute atomic E-state index is 12.4. The lowest BCUT2D eigenvalue weighted by molar-refractivity contribution is -0.125. The second-order valence-corrected chi connectivity index (χ2v) is 6.38. The Kier molecular flexibility index (Phi) is 5.04. The molecule has 3 rings (SSSR count). The highest BCUT2D eigenvalue weighted by Crippen LogP contribution is 2.33. The van der Waals surface area contributed by atoms with E-state index >= 15 is 0 Å². The first-order valence-corrected chi connectivity index (χ1v) is 8.54. The van der Waals surface area contributed by atoms with Gasteiger partial charge in [-0.15, -0.1) is 0 Å². The van der Waals surface area contributed by atoms with Gasteiger partial charge in [-0.3, -0.25) is 9.59 Å². The Bertz CT molecular complexity index is 613. The summed E-state index contributed by atoms with van der Waals surface area (Å²) in [6.45, 7) is 4.80. The van der Waals surface area contributed by atoms with Gasteiger partial charge >= 0.3 is 0 Å². The largest absolute Gasteiger partial charge is 0.479 e. The van der Waals surface area contributed by atoms with Crippen LogP contribution in [0, 0.1) is 0 Å². The highest BCUT2D eigenvalue weighted by molar-refractivity contribution is 6.00. The summed E-state index contributed by atoms with van der Waals surface area (Å²) >= 11 is 0. The summed E-state index contributed by atoms with van der Waals surface area (Å²) in [5.74, 6) is 0.494. The van der Waals surface area contributed by atoms with Crippen LogP contribution in [0.1, 0.15) is 33.1 Å². The van der Waals surface area contributed by atoms with Crippen LogP contribution in [-0.4, -0.2) is 43.2 Å². The topological polar surface area (TPSA) is 67.9 Å². The molecule has 0 aromatic heterocycles. The minimum atomic E-state index is -0.534. The van der Waals surface area contributed by atoms with Crippen LogP contribution in [0.25, 0.3) is 0 Å². The summed E-state index contributed by atoms with van der Waals surface area (Å²) in [6.07, 6.45) is 1.84. The number of hydrogen-bond acceptors (Lipinski definition) is 4. The number of nitrogens with zero attached hydrogens (tertiary/aromatic N) is 1. The number of ether oxygens (including phenoxy) is 2. The smallest absolute Gasteiger partial charge is 0.267 e. The third-order valence-corrected chi connectivity index (χ3v) is 4.55. The lowest BCUT2D eigenvalue weighted by Crippen LogP contribution is -2.47. The molecule has 130 valence electrons. The van der Waals surface area contributed by atoms with Crippen LogP contribution in [0.15, 0.2) is 24.3 Å². The Morgan fingerprint density at radius 2 is 2.21 bits per heavy atom. The highest BCUT2D eigenvalue weighted by Gasteiger charge is 2.31. The molecule has 2 heterocycles. The van der Waals surface area contributed by atoms with Crippen LogP contribution in [0.5, 0.6) is 5.75 Å². The zero-order valence-electron chi connectivity index (χ0n) is 14.2. The van der Waals surface area contributed by atoms with Gasteiger partial charge in [0.1, 0.15) is 5.75 Å². The van der Waals surface area contributed by atoms with Crippen molar-refractivity contribution < 1.29 is 19.1 Å². The number of anilines is 1. The summed E-state index contributed by atoms with van der Waals surface area (Å²) in [4.78, 5) is 26.2. The number of fused-ring (bicyclic) bond motifs is 1. The van der Waals surface area contributed by atoms with Crippen molar-refractivity contribution in [1.82, 2.24) is 5.32 Å². The van der Waals surface area contributed by atoms with E-state index in [0.29, 0.717) is 12.3 Å². The van der Waals surface area contributed by atoms with Gasteiger partial charge in [0.2, 0.25) is 5.91 Å². The number of carbonyl (C=O) groups excluding carboxylic acids is 2. The first kappa shape index (κ1) is 16.8. The van der Waals surface area contributed by atoms with E-state index in [1.807, 2.05) is 31.2 Å². The standard InChI is InChI=1S/C18H24N2O4/c1-12(15-8-5-11-23-15)19-17(21)9-10-20-14-6-3-4-7-16(14)24-13(2)18(20)22/h3-4,6-7,12-13,15H,5,8-11H2,1-2H3,(H,19,21)/t12-,13+,15+/m1/s1. The summed E-state index contributed by atoms with van der Waals surface area (Å²) in [7, 11) is 0. The van der Waals surface area contributed by atoms with Gasteiger partial charge in [-0.05, 0) is 38.8 Å². The second-order valence-electron chi connectivity index (χ2n) is 6.38. The number of amides is 2. The van der Waals surface area contributed by atoms with E-state index < -0.39 is 6.10 Å². The van der Waals surface area contributed by atoms with Gasteiger partial charge in [0.05, 0.1) is 17.8 Å². The number of hydrogen-bond donors (Lipinski definition) is 1. The van der Waals surface area contributed by atoms with Crippen LogP contribution in [0.3, 0.4) is 0 Å². The average molecular weight is 332 g/mol. The fraction of sp³-hybridized carbons (Fsp3) is 0.556. The van der Waals surface area contributed by atoms with Gasteiger partial charge in [-0.1, -0.05) is 12.1 Å². The minimum Gasteiger partial charge on any atom is -0.479 e. The molecule has 1 N–H and O–H groups in total. The molecule has 0 spiro atoms. The first-order chi connectivity index (χ1) is 11.6. The molecule has 6 heteroatoms. The van der Waals surface area contributed by atoms with E-state index in [9.17, 15) is 9.59 Å². The molecule has 3 atom stereocenters. The molecule has 0 unspecified atom stereocenters. The van der Waals surface area contributed by atoms with Crippen LogP contribution >= 0.6 is 0 Å². The molecule has 2 aliphatic rings. The summed E-state index contributed by atoms with van der Waals surface area (Å²) < 4.78 is 11.2. The van der Waals surface area contributed by atoms with E-state index in [1.165, 1.54) is 0 Å². The molecule has 1 fully saturated rings. The Morgan fingerprint density at radius 3 is 2.96 bits per heavy atom. The van der Waals surface area contributed by atoms with Gasteiger partial charge in [0.15, 0.2) is 6.10 Å². The zero-order chi connectivity index (χ0) is 17.1. The quantitative estimate of drug-likeness (QED) is 0.894. The van der Waals surface area contributed by atoms with Crippen molar-refractivity contribution in [3.8, 4) is 5.75 Å². The maximum atomic E-state index is 12.4. The monoisotopic (exact) mass is 332 g/mol. The fourth-order valence-electron chi connectivity index (χ4n) is 3.22. The summed E-state index contributed by atoms with van der Waals surface area (Å²) in [5.41, 5.74) is 0.723. The molecule has 6 nitrogen and oxygen atoms in total. The number of carbonyl (C=O) groups is 2. The van der Waals surface area contributed by atoms with Crippen LogP contribution in [0.4, 0.5) is 5.69 Å². The summed E-state index contributed by atoms with van der Waals surface area (Å²) in [5, 5.41) is 2.98. The molecule has 2 amide bonds. The van der Waals surface area contributed by atoms with Crippen molar-refractivity contribution in [2.24, 2.45) is 0 Å². The predicted octanol–water partition coefficient (Wildman–Crippen LogP) is 1.87. The lowest BCUT2D eigenvalue weighted by Gasteiger charge is -2.33. The Hall–Kier alpha value is -2.08. The fourth-order valence-corrected chi connectivity index (χ4v) is 3.22. The molecule has 0 aliphatic carbocycles. The van der Waals surface area contributed by atoms with Crippen molar-refractivity contribution in [1.29, 1.82) is 0 Å². The van der Waals surface area contributed by atoms with Gasteiger partial charge in [0.25, 0.3) is 5.91 Å². The van der Waals surface area contributed by atoms with E-state index in [1.54, 1.807) is 11.8 Å². The predicted molar refractivity (Wildman–Crippen MR) is 90.1 cm³/mol. The number of rotatable bonds is 5. The summed E-state index contributed by atoms with van der Waals surface area (Å²) in [6, 6.07) is 7.40. The van der Waals surface area contributed by atoms with Crippen LogP contribution in [0.2, 0.25) is 0 Å². The Balaban J connectivity index is 1.59. The first-order valence-electron chi connectivity index (χ1n) is 8.54. The molecule has 1 aromatic carbocycles. The lowest BCUT2D eigenvalue weighted by atomic mass is 10.1. The van der Waals surface area contributed by atoms with E-state index in [4.69, 9.17) is 9.47 Å². The Morgan fingerprint density at radius 1 is 1.42 bits per heavy atom. The van der Waals surface area contributed by atoms with E-state index in [0.717, 1.165) is 25.1 Å². The average Bonchev–Trinajstić information content (AvgIpc) is 3.10. The normalized spacial score (nSPS) is 24.2. The van der Waals surface area contributed by atoms with Crippen molar-refractivity contribution >= 4 is 17.5 Å². The third-order valence-electron chi connectivity index (χ3n) is 4.55. The molecule has 0 saturated carbocycles. The molecule has 1 aromatic rings. The molecule has 1 saturated heterocycles. The molecule has 2 aliphatic heterocycles. The van der Waals surface area contributed by atoms with Crippen LogP contribution < -0.4 is 15.0 Å². The van der Waals surface area contributed by atoms with E-state index in [-0.39, 0.29) is 30.4 Å². The van der Waals surface area contributed by atoms with Crippen molar-refractivity contribution in [3.63, 3.8) is 0 Å². The van der Waals surface area contributed by atoms with Crippen LogP contribution in [-0.2, 0) is 14.3 Å². The van der Waals surface area contributed by atoms with Crippen molar-refractivity contribution in [2.45, 2.75) is 51.4 Å². The molecular formula is C18H24N2O4. The molecule has 0 radical (unpaired) electrons. The van der Waals surface area contributed by atoms with Crippen molar-refractivity contribution in [2.75, 3.05) is 18.1 Å². The van der Waals surface area contributed by atoms with Gasteiger partial charge in [0, 0.05) is 19.6 Å². The molecule has 0 bridgehead atoms. The van der Waals surface area contributed by atoms with Crippen molar-refractivity contribution in [3.05, 3.63) is 24.3 Å². The second kappa shape index (κ2) is 7.21. The Labute approximate surface area is 142 Å². The number of para-hydroxylation sites is 2. The maximum Gasteiger partial charge on any atom is 0.267 e. The van der Waals surface area contributed by atoms with E-state index in [2.05, 4.69) is 5.32 Å². The number of nitrogens with one attached hydrogen (secondary N) is 1. The number of benzene rings is 1. The highest BCUT2D eigenvalue weighted by atomic mass is 16.5. The minimum absolute atomic E-state index is 0.00778. The molecular weight excluding hydrogens is 308 g/mol. The zero-order valence-corrected chi connectivity index (χ0v) is 14.2. The molecule has 24 heavy (non-hydrogen) atoms. The van der Waals surface area contributed by atoms with Gasteiger partial charge < -0.3 is 19.7 Å². The third kappa shape index (κ3) is 3.53. The van der Waals surface area contributed by atoms with Gasteiger partial charge in [-0.2, -0.15) is 0 Å². The SMILES string of the molecule is C[C@@H]1Oc2ccccc2N(CCC(=O)N[C@H](C)[C@@H]2CCCO2)C1=O. The van der Waals surface area contributed by atoms with Gasteiger partial charge in [-0.25, -0.2) is 0 Å².